The van der Waals surface area contributed by atoms with Gasteiger partial charge in [-0.3, -0.25) is 4.79 Å². The van der Waals surface area contributed by atoms with Gasteiger partial charge in [0.2, 0.25) is 5.91 Å². The highest BCUT2D eigenvalue weighted by Gasteiger charge is 2.17. The van der Waals surface area contributed by atoms with Gasteiger partial charge in [-0.25, -0.2) is 9.78 Å². The molecule has 0 fully saturated rings. The maximum atomic E-state index is 12.7. The van der Waals surface area contributed by atoms with E-state index >= 15 is 0 Å². The Morgan fingerprint density at radius 3 is 2.29 bits per heavy atom. The summed E-state index contributed by atoms with van der Waals surface area (Å²) in [4.78, 5) is 33.3. The van der Waals surface area contributed by atoms with Crippen molar-refractivity contribution < 1.29 is 14.3 Å². The van der Waals surface area contributed by atoms with Crippen LogP contribution in [0.5, 0.6) is 0 Å². The molecule has 2 N–H and O–H groups in total. The second kappa shape index (κ2) is 12.0. The molecule has 0 aliphatic rings. The van der Waals surface area contributed by atoms with Crippen molar-refractivity contribution in [2.45, 2.75) is 24.9 Å². The van der Waals surface area contributed by atoms with Crippen LogP contribution in [-0.2, 0) is 9.53 Å². The number of aromatic nitrogens is 2. The van der Waals surface area contributed by atoms with Gasteiger partial charge in [-0.15, -0.1) is 0 Å². The maximum Gasteiger partial charge on any atom is 0.340 e. The zero-order valence-corrected chi connectivity index (χ0v) is 20.3. The lowest BCUT2D eigenvalue weighted by atomic mass is 10.1. The summed E-state index contributed by atoms with van der Waals surface area (Å²) in [6.45, 7) is 2.39. The fourth-order valence-electron chi connectivity index (χ4n) is 3.52. The van der Waals surface area contributed by atoms with Gasteiger partial charge < -0.3 is 15.0 Å². The van der Waals surface area contributed by atoms with Crippen LogP contribution in [-0.4, -0.2) is 34.2 Å². The average molecular weight is 486 g/mol. The van der Waals surface area contributed by atoms with E-state index in [1.165, 1.54) is 11.8 Å². The van der Waals surface area contributed by atoms with Crippen molar-refractivity contribution in [1.29, 1.82) is 0 Å². The third-order valence-corrected chi connectivity index (χ3v) is 6.16. The van der Waals surface area contributed by atoms with Gasteiger partial charge in [0.15, 0.2) is 5.16 Å². The number of para-hydroxylation sites is 1. The molecule has 178 valence electrons. The summed E-state index contributed by atoms with van der Waals surface area (Å²) in [5, 5.41) is 3.48. The smallest absolute Gasteiger partial charge is 0.340 e. The summed E-state index contributed by atoms with van der Waals surface area (Å²) < 4.78 is 5.31. The number of hydrogen-bond donors (Lipinski definition) is 2. The molecule has 0 bridgehead atoms. The lowest BCUT2D eigenvalue weighted by molar-refractivity contribution is -0.113. The van der Waals surface area contributed by atoms with Crippen LogP contribution in [0.4, 0.5) is 5.69 Å². The third-order valence-electron chi connectivity index (χ3n) is 5.28. The first-order valence-corrected chi connectivity index (χ1v) is 12.5. The van der Waals surface area contributed by atoms with Crippen molar-refractivity contribution >= 4 is 29.3 Å². The van der Waals surface area contributed by atoms with E-state index in [1.54, 1.807) is 24.3 Å². The molecule has 0 aliphatic heterocycles. The van der Waals surface area contributed by atoms with Crippen LogP contribution in [0.2, 0.25) is 0 Å². The average Bonchev–Trinajstić information content (AvgIpc) is 3.33. The number of amides is 1. The molecule has 0 atom stereocenters. The molecule has 0 radical (unpaired) electrons. The van der Waals surface area contributed by atoms with Crippen LogP contribution < -0.4 is 5.32 Å². The fourth-order valence-corrected chi connectivity index (χ4v) is 4.19. The summed E-state index contributed by atoms with van der Waals surface area (Å²) in [6.07, 6.45) is 1.74. The Morgan fingerprint density at radius 1 is 0.914 bits per heavy atom. The molecule has 1 amide bonds. The quantitative estimate of drug-likeness (QED) is 0.154. The van der Waals surface area contributed by atoms with Crippen molar-refractivity contribution in [1.82, 2.24) is 9.97 Å². The SMILES string of the molecule is CCCCOC(=O)c1ccccc1NC(=O)CSc1nc(-c2ccccc2)c(-c2ccccc2)[nH]1. The number of esters is 1. The molecule has 4 rings (SSSR count). The van der Waals surface area contributed by atoms with Gasteiger partial charge in [-0.05, 0) is 18.6 Å². The molecule has 1 heterocycles. The van der Waals surface area contributed by atoms with Gasteiger partial charge >= 0.3 is 5.97 Å². The monoisotopic (exact) mass is 485 g/mol. The largest absolute Gasteiger partial charge is 0.462 e. The Kier molecular flexibility index (Phi) is 8.35. The van der Waals surface area contributed by atoms with E-state index in [0.717, 1.165) is 35.4 Å². The topological polar surface area (TPSA) is 84.1 Å². The van der Waals surface area contributed by atoms with Gasteiger partial charge in [0.25, 0.3) is 0 Å². The lowest BCUT2D eigenvalue weighted by Gasteiger charge is -2.10. The molecule has 0 saturated carbocycles. The van der Waals surface area contributed by atoms with E-state index in [-0.39, 0.29) is 11.7 Å². The minimum atomic E-state index is -0.437. The number of hydrogen-bond acceptors (Lipinski definition) is 5. The molecule has 6 nitrogen and oxygen atoms in total. The molecule has 1 aromatic heterocycles. The number of ether oxygens (including phenoxy) is 1. The van der Waals surface area contributed by atoms with Crippen LogP contribution in [0.25, 0.3) is 22.5 Å². The number of nitrogens with zero attached hydrogens (tertiary/aromatic N) is 1. The van der Waals surface area contributed by atoms with E-state index in [0.29, 0.717) is 23.0 Å². The second-order valence-electron chi connectivity index (χ2n) is 7.87. The van der Waals surface area contributed by atoms with Crippen molar-refractivity contribution in [3.05, 3.63) is 90.5 Å². The maximum absolute atomic E-state index is 12.7. The Bertz CT molecular complexity index is 1220. The van der Waals surface area contributed by atoms with Crippen molar-refractivity contribution in [2.24, 2.45) is 0 Å². The molecular weight excluding hydrogens is 458 g/mol. The first-order valence-electron chi connectivity index (χ1n) is 11.6. The normalized spacial score (nSPS) is 10.7. The number of nitrogens with one attached hydrogen (secondary N) is 2. The lowest BCUT2D eigenvalue weighted by Crippen LogP contribution is -2.17. The van der Waals surface area contributed by atoms with E-state index in [4.69, 9.17) is 9.72 Å². The van der Waals surface area contributed by atoms with Gasteiger partial charge in [0.05, 0.1) is 35.0 Å². The Balaban J connectivity index is 1.47. The molecule has 35 heavy (non-hydrogen) atoms. The predicted molar refractivity (Wildman–Crippen MR) is 140 cm³/mol. The summed E-state index contributed by atoms with van der Waals surface area (Å²) in [5.41, 5.74) is 4.53. The summed E-state index contributed by atoms with van der Waals surface area (Å²) >= 11 is 1.31. The zero-order valence-electron chi connectivity index (χ0n) is 19.5. The number of aromatic amines is 1. The van der Waals surface area contributed by atoms with Crippen molar-refractivity contribution in [3.8, 4) is 22.5 Å². The van der Waals surface area contributed by atoms with Gasteiger partial charge in [0, 0.05) is 11.1 Å². The summed E-state index contributed by atoms with van der Waals surface area (Å²) in [6, 6.07) is 26.8. The molecule has 3 aromatic carbocycles. The number of rotatable bonds is 10. The molecule has 0 aliphatic carbocycles. The van der Waals surface area contributed by atoms with E-state index < -0.39 is 5.97 Å². The molecule has 0 saturated heterocycles. The van der Waals surface area contributed by atoms with Gasteiger partial charge in [-0.2, -0.15) is 0 Å². The number of thioether (sulfide) groups is 1. The van der Waals surface area contributed by atoms with Crippen molar-refractivity contribution in [2.75, 3.05) is 17.7 Å². The number of carbonyl (C=O) groups is 2. The van der Waals surface area contributed by atoms with Crippen molar-refractivity contribution in [3.63, 3.8) is 0 Å². The van der Waals surface area contributed by atoms with E-state index in [9.17, 15) is 9.59 Å². The molecule has 4 aromatic rings. The standard InChI is InChI=1S/C28H27N3O3S/c1-2-3-18-34-27(33)22-16-10-11-17-23(22)29-24(32)19-35-28-30-25(20-12-6-4-7-13-20)26(31-28)21-14-8-5-9-15-21/h4-17H,2-3,18-19H2,1H3,(H,29,32)(H,30,31). The minimum absolute atomic E-state index is 0.134. The summed E-state index contributed by atoms with van der Waals surface area (Å²) in [7, 11) is 0. The fraction of sp³-hybridized carbons (Fsp3) is 0.179. The molecule has 7 heteroatoms. The van der Waals surface area contributed by atoms with Crippen LogP contribution in [0.1, 0.15) is 30.1 Å². The van der Waals surface area contributed by atoms with Gasteiger partial charge in [-0.1, -0.05) is 97.9 Å². The Morgan fingerprint density at radius 2 is 1.57 bits per heavy atom. The van der Waals surface area contributed by atoms with Gasteiger partial charge in [0.1, 0.15) is 0 Å². The first-order chi connectivity index (χ1) is 17.2. The van der Waals surface area contributed by atoms with E-state index in [1.807, 2.05) is 67.6 Å². The van der Waals surface area contributed by atoms with Crippen LogP contribution >= 0.6 is 11.8 Å². The Labute approximate surface area is 209 Å². The number of anilines is 1. The van der Waals surface area contributed by atoms with Crippen LogP contribution in [0, 0.1) is 0 Å². The second-order valence-corrected chi connectivity index (χ2v) is 8.83. The molecule has 0 spiro atoms. The molecular formula is C28H27N3O3S. The van der Waals surface area contributed by atoms with Crippen LogP contribution in [0.3, 0.4) is 0 Å². The number of imidazole rings is 1. The van der Waals surface area contributed by atoms with E-state index in [2.05, 4.69) is 10.3 Å². The summed E-state index contributed by atoms with van der Waals surface area (Å²) in [5.74, 6) is -0.536. The number of carbonyl (C=O) groups excluding carboxylic acids is 2. The third kappa shape index (κ3) is 6.39. The highest BCUT2D eigenvalue weighted by Crippen LogP contribution is 2.32. The number of H-pyrrole nitrogens is 1. The predicted octanol–water partition coefficient (Wildman–Crippen LogP) is 6.43. The highest BCUT2D eigenvalue weighted by atomic mass is 32.2. The Hall–Kier alpha value is -3.84. The van der Waals surface area contributed by atoms with Crippen LogP contribution in [0.15, 0.2) is 90.1 Å². The number of benzene rings is 3. The first kappa shape index (κ1) is 24.3. The highest BCUT2D eigenvalue weighted by molar-refractivity contribution is 7.99. The minimum Gasteiger partial charge on any atom is -0.462 e. The number of unbranched alkanes of at least 4 members (excludes halogenated alkanes) is 1. The zero-order chi connectivity index (χ0) is 24.5. The molecule has 0 unspecified atom stereocenters.